The van der Waals surface area contributed by atoms with Gasteiger partial charge in [0.1, 0.15) is 5.75 Å². The Kier molecular flexibility index (Phi) is 5.27. The lowest BCUT2D eigenvalue weighted by Gasteiger charge is -2.12. The molecule has 0 bridgehead atoms. The molecule has 0 unspecified atom stereocenters. The van der Waals surface area contributed by atoms with E-state index < -0.39 is 0 Å². The molecule has 1 heterocycles. The summed E-state index contributed by atoms with van der Waals surface area (Å²) in [6.07, 6.45) is 0. The van der Waals surface area contributed by atoms with Gasteiger partial charge >= 0.3 is 0 Å². The van der Waals surface area contributed by atoms with E-state index in [1.807, 2.05) is 47.8 Å². The average molecular weight is 402 g/mol. The van der Waals surface area contributed by atoms with Crippen LogP contribution in [0.25, 0.3) is 10.8 Å². The number of benzene rings is 3. The van der Waals surface area contributed by atoms with Crippen molar-refractivity contribution >= 4 is 45.3 Å². The van der Waals surface area contributed by atoms with E-state index in [1.54, 1.807) is 30.3 Å². The quantitative estimate of drug-likeness (QED) is 0.469. The normalized spacial score (nSPS) is 10.5. The second-order valence-electron chi connectivity index (χ2n) is 6.36. The van der Waals surface area contributed by atoms with Gasteiger partial charge in [0.2, 0.25) is 0 Å². The highest BCUT2D eigenvalue weighted by atomic mass is 32.1. The summed E-state index contributed by atoms with van der Waals surface area (Å²) in [6.45, 7) is 0. The third-order valence-electron chi connectivity index (χ3n) is 4.46. The molecule has 4 rings (SSSR count). The number of methoxy groups -OCH3 is 1. The van der Waals surface area contributed by atoms with E-state index in [0.29, 0.717) is 27.6 Å². The number of hydrogen-bond acceptors (Lipinski definition) is 4. The van der Waals surface area contributed by atoms with Crippen LogP contribution in [0.4, 0.5) is 11.4 Å². The molecule has 0 aliphatic carbocycles. The summed E-state index contributed by atoms with van der Waals surface area (Å²) in [7, 11) is 1.52. The van der Waals surface area contributed by atoms with Crippen molar-refractivity contribution in [3.63, 3.8) is 0 Å². The number of ether oxygens (including phenoxy) is 1. The van der Waals surface area contributed by atoms with Gasteiger partial charge in [-0.05, 0) is 46.5 Å². The molecule has 5 nitrogen and oxygen atoms in total. The fourth-order valence-electron chi connectivity index (χ4n) is 3.00. The summed E-state index contributed by atoms with van der Waals surface area (Å²) in [5.74, 6) is 0.0469. The minimum Gasteiger partial charge on any atom is -0.494 e. The first kappa shape index (κ1) is 18.7. The summed E-state index contributed by atoms with van der Waals surface area (Å²) in [6, 6.07) is 22.2. The van der Waals surface area contributed by atoms with Gasteiger partial charge in [-0.25, -0.2) is 0 Å². The van der Waals surface area contributed by atoms with E-state index in [9.17, 15) is 9.59 Å². The first-order valence-electron chi connectivity index (χ1n) is 8.97. The number of rotatable bonds is 5. The molecule has 4 aromatic rings. The van der Waals surface area contributed by atoms with Crippen LogP contribution < -0.4 is 15.4 Å². The maximum Gasteiger partial charge on any atom is 0.265 e. The Morgan fingerprint density at radius 3 is 2.41 bits per heavy atom. The molecular weight excluding hydrogens is 384 g/mol. The van der Waals surface area contributed by atoms with Crippen LogP contribution in [0, 0.1) is 0 Å². The Morgan fingerprint density at radius 1 is 0.828 bits per heavy atom. The number of nitrogens with one attached hydrogen (secondary N) is 2. The van der Waals surface area contributed by atoms with E-state index in [4.69, 9.17) is 4.74 Å². The Bertz CT molecular complexity index is 1190. The van der Waals surface area contributed by atoms with Gasteiger partial charge in [0.15, 0.2) is 0 Å². The van der Waals surface area contributed by atoms with Gasteiger partial charge in [-0.1, -0.05) is 36.4 Å². The van der Waals surface area contributed by atoms with Crippen molar-refractivity contribution in [1.82, 2.24) is 0 Å². The molecule has 0 saturated carbocycles. The summed E-state index contributed by atoms with van der Waals surface area (Å²) < 4.78 is 5.39. The number of thiophene rings is 1. The molecular formula is C23H18N2O3S. The number of anilines is 2. The van der Waals surface area contributed by atoms with E-state index in [1.165, 1.54) is 18.4 Å². The molecule has 3 aromatic carbocycles. The molecule has 0 spiro atoms. The number of amides is 2. The van der Waals surface area contributed by atoms with E-state index in [-0.39, 0.29) is 11.8 Å². The number of fused-ring (bicyclic) bond motifs is 1. The molecule has 0 fully saturated rings. The predicted octanol–water partition coefficient (Wildman–Crippen LogP) is 5.41. The molecule has 1 aromatic heterocycles. The van der Waals surface area contributed by atoms with Crippen molar-refractivity contribution < 1.29 is 14.3 Å². The third-order valence-corrected chi connectivity index (χ3v) is 5.33. The zero-order valence-electron chi connectivity index (χ0n) is 15.6. The van der Waals surface area contributed by atoms with Crippen molar-refractivity contribution in [2.75, 3.05) is 17.7 Å². The Hall–Kier alpha value is -3.64. The molecule has 2 N–H and O–H groups in total. The Labute approximate surface area is 171 Å². The van der Waals surface area contributed by atoms with Crippen molar-refractivity contribution in [2.24, 2.45) is 0 Å². The fraction of sp³-hybridized carbons (Fsp3) is 0.0435. The smallest absolute Gasteiger partial charge is 0.265 e. The lowest BCUT2D eigenvalue weighted by molar-refractivity contribution is 0.102. The van der Waals surface area contributed by atoms with Gasteiger partial charge in [0.25, 0.3) is 11.8 Å². The van der Waals surface area contributed by atoms with Crippen molar-refractivity contribution in [3.05, 3.63) is 88.6 Å². The molecule has 6 heteroatoms. The third kappa shape index (κ3) is 4.12. The van der Waals surface area contributed by atoms with Gasteiger partial charge in [0, 0.05) is 17.3 Å². The maximum atomic E-state index is 12.7. The highest BCUT2D eigenvalue weighted by molar-refractivity contribution is 7.12. The molecule has 144 valence electrons. The van der Waals surface area contributed by atoms with Crippen LogP contribution in [0.5, 0.6) is 5.75 Å². The van der Waals surface area contributed by atoms with Crippen molar-refractivity contribution in [3.8, 4) is 5.75 Å². The van der Waals surface area contributed by atoms with Crippen LogP contribution >= 0.6 is 11.3 Å². The molecule has 0 saturated heterocycles. The topological polar surface area (TPSA) is 67.4 Å². The predicted molar refractivity (Wildman–Crippen MR) is 117 cm³/mol. The average Bonchev–Trinajstić information content (AvgIpc) is 3.29. The molecule has 2 amide bonds. The van der Waals surface area contributed by atoms with Crippen molar-refractivity contribution in [1.29, 1.82) is 0 Å². The molecule has 0 aliphatic heterocycles. The van der Waals surface area contributed by atoms with E-state index in [2.05, 4.69) is 10.6 Å². The highest BCUT2D eigenvalue weighted by Gasteiger charge is 2.13. The second kappa shape index (κ2) is 8.16. The first-order chi connectivity index (χ1) is 14.1. The molecule has 0 aliphatic rings. The minimum absolute atomic E-state index is 0.203. The number of carbonyl (C=O) groups excluding carboxylic acids is 2. The van der Waals surface area contributed by atoms with Crippen molar-refractivity contribution in [2.45, 2.75) is 0 Å². The van der Waals surface area contributed by atoms with Crippen LogP contribution in [0.15, 0.2) is 78.2 Å². The van der Waals surface area contributed by atoms with Crippen LogP contribution in [0.3, 0.4) is 0 Å². The lowest BCUT2D eigenvalue weighted by Crippen LogP contribution is -2.13. The van der Waals surface area contributed by atoms with Crippen LogP contribution in [-0.2, 0) is 0 Å². The lowest BCUT2D eigenvalue weighted by atomic mass is 10.1. The Morgan fingerprint density at radius 2 is 1.66 bits per heavy atom. The molecule has 0 radical (unpaired) electrons. The summed E-state index contributed by atoms with van der Waals surface area (Å²) in [4.78, 5) is 25.5. The summed E-state index contributed by atoms with van der Waals surface area (Å²) >= 11 is 1.36. The monoisotopic (exact) mass is 402 g/mol. The number of carbonyl (C=O) groups is 2. The van der Waals surface area contributed by atoms with Gasteiger partial charge in [-0.2, -0.15) is 0 Å². The first-order valence-corrected chi connectivity index (χ1v) is 9.85. The summed E-state index contributed by atoms with van der Waals surface area (Å²) in [5.41, 5.74) is 1.68. The largest absolute Gasteiger partial charge is 0.494 e. The van der Waals surface area contributed by atoms with Gasteiger partial charge < -0.3 is 15.4 Å². The van der Waals surface area contributed by atoms with E-state index >= 15 is 0 Å². The molecule has 29 heavy (non-hydrogen) atoms. The second-order valence-corrected chi connectivity index (χ2v) is 7.31. The van der Waals surface area contributed by atoms with Gasteiger partial charge in [0.05, 0.1) is 17.7 Å². The van der Waals surface area contributed by atoms with Crippen LogP contribution in [0.2, 0.25) is 0 Å². The fourth-order valence-corrected chi connectivity index (χ4v) is 3.62. The number of hydrogen-bond donors (Lipinski definition) is 2. The van der Waals surface area contributed by atoms with Gasteiger partial charge in [-0.3, -0.25) is 9.59 Å². The van der Waals surface area contributed by atoms with Crippen LogP contribution in [0.1, 0.15) is 20.0 Å². The van der Waals surface area contributed by atoms with Gasteiger partial charge in [-0.15, -0.1) is 11.3 Å². The zero-order chi connectivity index (χ0) is 20.2. The zero-order valence-corrected chi connectivity index (χ0v) is 16.5. The van der Waals surface area contributed by atoms with E-state index in [0.717, 1.165) is 10.8 Å². The SMILES string of the molecule is COc1cc(NC(=O)c2ccc3ccccc3c2)ccc1NC(=O)c1cccs1. The highest BCUT2D eigenvalue weighted by Crippen LogP contribution is 2.29. The summed E-state index contributed by atoms with van der Waals surface area (Å²) in [5, 5.41) is 9.64. The molecule has 0 atom stereocenters. The minimum atomic E-state index is -0.215. The maximum absolute atomic E-state index is 12.7. The van der Waals surface area contributed by atoms with Crippen LogP contribution in [-0.4, -0.2) is 18.9 Å². The standard InChI is InChI=1S/C23H18N2O3S/c1-28-20-14-18(10-11-19(20)25-23(27)21-7-4-12-29-21)24-22(26)17-9-8-15-5-2-3-6-16(15)13-17/h2-14H,1H3,(H,24,26)(H,25,27). The Balaban J connectivity index is 1.52.